The van der Waals surface area contributed by atoms with Crippen LogP contribution in [0.1, 0.15) is 32.8 Å². The highest BCUT2D eigenvalue weighted by molar-refractivity contribution is 6.02. The Morgan fingerprint density at radius 2 is 1.87 bits per heavy atom. The minimum atomic E-state index is -1.42. The van der Waals surface area contributed by atoms with Gasteiger partial charge in [-0.05, 0) is 18.1 Å². The molecule has 0 aromatic carbocycles. The number of hydrogen-bond acceptors (Lipinski definition) is 6. The summed E-state index contributed by atoms with van der Waals surface area (Å²) in [5.41, 5.74) is -0.824. The summed E-state index contributed by atoms with van der Waals surface area (Å²) in [5, 5.41) is 10.7. The quantitative estimate of drug-likeness (QED) is 0.643. The van der Waals surface area contributed by atoms with Gasteiger partial charge in [0.2, 0.25) is 0 Å². The minimum Gasteiger partial charge on any atom is -0.465 e. The minimum absolute atomic E-state index is 0.0671. The average Bonchev–Trinajstić information content (AvgIpc) is 2.43. The van der Waals surface area contributed by atoms with Gasteiger partial charge < -0.3 is 14.6 Å². The number of hydrogen-bond donors (Lipinski definition) is 2. The van der Waals surface area contributed by atoms with Crippen LogP contribution in [0.5, 0.6) is 0 Å². The number of carbonyl (C=O) groups excluding carboxylic acids is 2. The largest absolute Gasteiger partial charge is 0.465 e. The molecule has 1 aromatic rings. The van der Waals surface area contributed by atoms with Crippen molar-refractivity contribution in [1.82, 2.24) is 4.98 Å². The van der Waals surface area contributed by atoms with Crippen LogP contribution in [0.3, 0.4) is 0 Å². The normalized spacial score (nSPS) is 18.7. The van der Waals surface area contributed by atoms with Crippen molar-refractivity contribution >= 4 is 23.8 Å². The third kappa shape index (κ3) is 3.41. The maximum absolute atomic E-state index is 12.4. The van der Waals surface area contributed by atoms with Gasteiger partial charge in [-0.25, -0.2) is 9.78 Å². The molecule has 2 heterocycles. The van der Waals surface area contributed by atoms with E-state index in [4.69, 9.17) is 14.6 Å². The van der Waals surface area contributed by atoms with Crippen molar-refractivity contribution in [2.45, 2.75) is 39.4 Å². The summed E-state index contributed by atoms with van der Waals surface area (Å²) in [6.45, 7) is 4.70. The summed E-state index contributed by atoms with van der Waals surface area (Å²) in [4.78, 5) is 39.2. The molecule has 0 radical (unpaired) electrons. The second-order valence-corrected chi connectivity index (χ2v) is 5.77. The molecule has 0 saturated carbocycles. The van der Waals surface area contributed by atoms with Crippen LogP contribution in [0, 0.1) is 5.41 Å². The van der Waals surface area contributed by atoms with Crippen LogP contribution in [0.2, 0.25) is 0 Å². The second kappa shape index (κ2) is 5.86. The maximum atomic E-state index is 12.4. The Hall–Kier alpha value is -2.64. The fourth-order valence-corrected chi connectivity index (χ4v) is 2.37. The third-order valence-electron chi connectivity index (χ3n) is 3.63. The predicted molar refractivity (Wildman–Crippen MR) is 78.6 cm³/mol. The van der Waals surface area contributed by atoms with E-state index < -0.39 is 29.2 Å². The van der Waals surface area contributed by atoms with Crippen molar-refractivity contribution < 1.29 is 29.0 Å². The van der Waals surface area contributed by atoms with E-state index in [1.165, 1.54) is 26.1 Å². The van der Waals surface area contributed by atoms with Crippen molar-refractivity contribution in [3.05, 3.63) is 23.9 Å². The van der Waals surface area contributed by atoms with E-state index >= 15 is 0 Å². The molecular formula is C15H18N2O6. The van der Waals surface area contributed by atoms with Crippen LogP contribution < -0.4 is 5.32 Å². The standard InChI is InChI=1S/C15H18N2O6/c1-4-15(11(18)22-14(2,3)23-12(15)19)7-9-5-6-10(16-8-9)17-13(20)21/h5-6,8H,4,7H2,1-3H3,(H,16,17)(H,20,21). The van der Waals surface area contributed by atoms with Crippen molar-refractivity contribution in [3.63, 3.8) is 0 Å². The molecule has 0 aliphatic carbocycles. The smallest absolute Gasteiger partial charge is 0.410 e. The fraction of sp³-hybridized carbons (Fsp3) is 0.467. The van der Waals surface area contributed by atoms with Gasteiger partial charge in [-0.1, -0.05) is 13.0 Å². The van der Waals surface area contributed by atoms with Crippen LogP contribution in [0.15, 0.2) is 18.3 Å². The molecule has 0 atom stereocenters. The molecule has 1 fully saturated rings. The molecule has 23 heavy (non-hydrogen) atoms. The van der Waals surface area contributed by atoms with Crippen molar-refractivity contribution in [2.24, 2.45) is 5.41 Å². The lowest BCUT2D eigenvalue weighted by molar-refractivity contribution is -0.251. The monoisotopic (exact) mass is 322 g/mol. The lowest BCUT2D eigenvalue weighted by Crippen LogP contribution is -2.54. The molecule has 2 rings (SSSR count). The van der Waals surface area contributed by atoms with Crippen LogP contribution in [0.25, 0.3) is 0 Å². The molecule has 8 heteroatoms. The molecule has 124 valence electrons. The number of pyridine rings is 1. The van der Waals surface area contributed by atoms with Crippen LogP contribution in [-0.4, -0.2) is 33.9 Å². The van der Waals surface area contributed by atoms with Gasteiger partial charge in [0.05, 0.1) is 0 Å². The van der Waals surface area contributed by atoms with E-state index in [-0.39, 0.29) is 18.7 Å². The molecule has 0 spiro atoms. The Kier molecular flexibility index (Phi) is 4.26. The average molecular weight is 322 g/mol. The van der Waals surface area contributed by atoms with E-state index in [1.807, 2.05) is 0 Å². The first-order valence-electron chi connectivity index (χ1n) is 7.10. The number of amides is 1. The highest BCUT2D eigenvalue weighted by Gasteiger charge is 2.55. The number of carboxylic acid groups (broad SMARTS) is 1. The van der Waals surface area contributed by atoms with Gasteiger partial charge in [-0.3, -0.25) is 14.9 Å². The number of nitrogens with one attached hydrogen (secondary N) is 1. The summed E-state index contributed by atoms with van der Waals surface area (Å²) >= 11 is 0. The molecule has 1 saturated heterocycles. The zero-order chi connectivity index (χ0) is 17.3. The lowest BCUT2D eigenvalue weighted by atomic mass is 9.78. The number of carbonyl (C=O) groups is 3. The molecule has 1 amide bonds. The van der Waals surface area contributed by atoms with Crippen molar-refractivity contribution in [2.75, 3.05) is 5.32 Å². The zero-order valence-corrected chi connectivity index (χ0v) is 13.1. The summed E-state index contributed by atoms with van der Waals surface area (Å²) in [6, 6.07) is 3.05. The van der Waals surface area contributed by atoms with E-state index in [1.54, 1.807) is 13.0 Å². The van der Waals surface area contributed by atoms with Gasteiger partial charge in [0.15, 0.2) is 5.41 Å². The van der Waals surface area contributed by atoms with Gasteiger partial charge >= 0.3 is 18.0 Å². The van der Waals surface area contributed by atoms with Crippen molar-refractivity contribution in [3.8, 4) is 0 Å². The molecule has 1 aliphatic heterocycles. The Bertz CT molecular complexity index is 618. The summed E-state index contributed by atoms with van der Waals surface area (Å²) in [7, 11) is 0. The molecule has 0 unspecified atom stereocenters. The number of esters is 2. The van der Waals surface area contributed by atoms with Gasteiger partial charge in [0.25, 0.3) is 5.79 Å². The Morgan fingerprint density at radius 3 is 2.30 bits per heavy atom. The fourth-order valence-electron chi connectivity index (χ4n) is 2.37. The van der Waals surface area contributed by atoms with E-state index in [2.05, 4.69) is 10.3 Å². The number of rotatable bonds is 4. The van der Waals surface area contributed by atoms with Gasteiger partial charge in [0.1, 0.15) is 5.82 Å². The highest BCUT2D eigenvalue weighted by atomic mass is 16.7. The first-order valence-corrected chi connectivity index (χ1v) is 7.10. The molecule has 0 bridgehead atoms. The summed E-state index contributed by atoms with van der Waals surface area (Å²) in [5.74, 6) is -2.38. The molecule has 1 aliphatic rings. The molecule has 2 N–H and O–H groups in total. The third-order valence-corrected chi connectivity index (χ3v) is 3.63. The zero-order valence-electron chi connectivity index (χ0n) is 13.1. The Labute approximate surface area is 132 Å². The van der Waals surface area contributed by atoms with Crippen LogP contribution in [-0.2, 0) is 25.5 Å². The molecule has 1 aromatic heterocycles. The van der Waals surface area contributed by atoms with Gasteiger partial charge in [-0.15, -0.1) is 0 Å². The number of anilines is 1. The van der Waals surface area contributed by atoms with E-state index in [0.29, 0.717) is 5.56 Å². The van der Waals surface area contributed by atoms with Gasteiger partial charge in [-0.2, -0.15) is 0 Å². The Morgan fingerprint density at radius 1 is 1.26 bits per heavy atom. The second-order valence-electron chi connectivity index (χ2n) is 5.77. The number of aromatic nitrogens is 1. The number of nitrogens with zero attached hydrogens (tertiary/aromatic N) is 1. The topological polar surface area (TPSA) is 115 Å². The number of ether oxygens (including phenoxy) is 2. The van der Waals surface area contributed by atoms with E-state index in [0.717, 1.165) is 0 Å². The predicted octanol–water partition coefficient (Wildman–Crippen LogP) is 1.95. The van der Waals surface area contributed by atoms with E-state index in [9.17, 15) is 14.4 Å². The summed E-state index contributed by atoms with van der Waals surface area (Å²) < 4.78 is 10.4. The molecule has 8 nitrogen and oxygen atoms in total. The van der Waals surface area contributed by atoms with Gasteiger partial charge in [0, 0.05) is 26.5 Å². The lowest BCUT2D eigenvalue weighted by Gasteiger charge is -2.39. The van der Waals surface area contributed by atoms with Crippen LogP contribution in [0.4, 0.5) is 10.6 Å². The highest BCUT2D eigenvalue weighted by Crippen LogP contribution is 2.38. The Balaban J connectivity index is 2.23. The first kappa shape index (κ1) is 16.7. The maximum Gasteiger partial charge on any atom is 0.410 e. The summed E-state index contributed by atoms with van der Waals surface area (Å²) in [6.07, 6.45) is 0.466. The van der Waals surface area contributed by atoms with Crippen molar-refractivity contribution in [1.29, 1.82) is 0 Å². The molecular weight excluding hydrogens is 304 g/mol. The first-order chi connectivity index (χ1) is 10.7. The number of cyclic esters (lactones) is 2. The van der Waals surface area contributed by atoms with Crippen LogP contribution >= 0.6 is 0 Å². The SMILES string of the molecule is CCC1(Cc2ccc(NC(=O)O)nc2)C(=O)OC(C)(C)OC1=O.